The number of hydrogen-bond acceptors (Lipinski definition) is 7. The summed E-state index contributed by atoms with van der Waals surface area (Å²) in [5.74, 6) is 1.31. The van der Waals surface area contributed by atoms with Gasteiger partial charge in [-0.15, -0.1) is 0 Å². The third-order valence-corrected chi connectivity index (χ3v) is 5.07. The summed E-state index contributed by atoms with van der Waals surface area (Å²) in [4.78, 5) is 8.94. The standard InChI is InChI=1S/C19H31N7O/c1-27-10-9-24-17-11-15(19(13-22)6-3-2-4-7-19)14(12-21)18(26-17)25-16(23)5-8-20/h5,8,11-12,21H,2-4,6-7,9-10,13,20,22H2,1H3,(H3,23,24,25,26)/b8-5-,21-12?. The van der Waals surface area contributed by atoms with Gasteiger partial charge in [0.1, 0.15) is 11.7 Å². The lowest BCUT2D eigenvalue weighted by Crippen LogP contribution is -2.38. The molecule has 1 aliphatic carbocycles. The smallest absolute Gasteiger partial charge is 0.165 e. The van der Waals surface area contributed by atoms with E-state index in [0.717, 1.165) is 31.2 Å². The summed E-state index contributed by atoms with van der Waals surface area (Å²) in [6.07, 6.45) is 9.57. The SMILES string of the molecule is COCCNc1cc(C2(CN)CCCCC2)c(C=N)c(/N=C(N)\C=C/N)n1. The van der Waals surface area contributed by atoms with Gasteiger partial charge in [0.25, 0.3) is 0 Å². The number of ether oxygens (including phenoxy) is 1. The number of amidine groups is 1. The highest BCUT2D eigenvalue weighted by molar-refractivity contribution is 5.95. The molecule has 0 radical (unpaired) electrons. The van der Waals surface area contributed by atoms with Gasteiger partial charge in [-0.3, -0.25) is 0 Å². The molecule has 8 heteroatoms. The molecule has 1 saturated carbocycles. The van der Waals surface area contributed by atoms with Gasteiger partial charge in [-0.25, -0.2) is 9.98 Å². The minimum absolute atomic E-state index is 0.172. The second-order valence-electron chi connectivity index (χ2n) is 6.80. The van der Waals surface area contributed by atoms with Gasteiger partial charge in [-0.1, -0.05) is 19.3 Å². The summed E-state index contributed by atoms with van der Waals surface area (Å²) >= 11 is 0. The van der Waals surface area contributed by atoms with E-state index in [1.54, 1.807) is 7.11 Å². The summed E-state index contributed by atoms with van der Waals surface area (Å²) < 4.78 is 5.11. The van der Waals surface area contributed by atoms with E-state index >= 15 is 0 Å². The number of hydrogen-bond donors (Lipinski definition) is 5. The van der Waals surface area contributed by atoms with Gasteiger partial charge in [0.15, 0.2) is 5.82 Å². The Kier molecular flexibility index (Phi) is 7.75. The van der Waals surface area contributed by atoms with Gasteiger partial charge in [-0.05, 0) is 36.7 Å². The number of aromatic nitrogens is 1. The van der Waals surface area contributed by atoms with E-state index in [1.807, 2.05) is 6.07 Å². The summed E-state index contributed by atoms with van der Waals surface area (Å²) in [5.41, 5.74) is 19.1. The Morgan fingerprint density at radius 3 is 2.74 bits per heavy atom. The van der Waals surface area contributed by atoms with Crippen molar-refractivity contribution in [1.29, 1.82) is 5.41 Å². The number of nitrogens with two attached hydrogens (primary N) is 3. The molecule has 0 saturated heterocycles. The average Bonchev–Trinajstić information content (AvgIpc) is 2.68. The summed E-state index contributed by atoms with van der Waals surface area (Å²) in [5, 5.41) is 11.2. The van der Waals surface area contributed by atoms with Crippen LogP contribution in [-0.4, -0.2) is 43.8 Å². The summed E-state index contributed by atoms with van der Waals surface area (Å²) in [6.45, 7) is 1.70. The van der Waals surface area contributed by atoms with Crippen LogP contribution in [-0.2, 0) is 10.2 Å². The highest BCUT2D eigenvalue weighted by Crippen LogP contribution is 2.42. The lowest BCUT2D eigenvalue weighted by Gasteiger charge is -2.38. The third-order valence-electron chi connectivity index (χ3n) is 5.07. The maximum atomic E-state index is 7.99. The van der Waals surface area contributed by atoms with Crippen molar-refractivity contribution in [1.82, 2.24) is 4.98 Å². The highest BCUT2D eigenvalue weighted by Gasteiger charge is 2.35. The van der Waals surface area contributed by atoms with Crippen LogP contribution >= 0.6 is 0 Å². The first kappa shape index (κ1) is 20.9. The van der Waals surface area contributed by atoms with Crippen molar-refractivity contribution in [3.05, 3.63) is 29.5 Å². The maximum absolute atomic E-state index is 7.99. The van der Waals surface area contributed by atoms with Crippen LogP contribution in [0.2, 0.25) is 0 Å². The molecule has 0 atom stereocenters. The number of methoxy groups -OCH3 is 1. The van der Waals surface area contributed by atoms with Gasteiger partial charge in [-0.2, -0.15) is 0 Å². The first-order valence-electron chi connectivity index (χ1n) is 9.31. The Labute approximate surface area is 160 Å². The van der Waals surface area contributed by atoms with Crippen LogP contribution in [0.15, 0.2) is 23.3 Å². The number of rotatable bonds is 9. The zero-order valence-electron chi connectivity index (χ0n) is 16.0. The van der Waals surface area contributed by atoms with Crippen molar-refractivity contribution in [2.24, 2.45) is 22.2 Å². The van der Waals surface area contributed by atoms with E-state index in [1.165, 1.54) is 24.9 Å². The highest BCUT2D eigenvalue weighted by atomic mass is 16.5. The Bertz CT molecular complexity index is 694. The molecule has 0 aromatic carbocycles. The van der Waals surface area contributed by atoms with Crippen LogP contribution in [0.4, 0.5) is 11.6 Å². The lowest BCUT2D eigenvalue weighted by atomic mass is 9.68. The molecule has 1 heterocycles. The molecule has 0 spiro atoms. The molecular formula is C19H31N7O. The van der Waals surface area contributed by atoms with Gasteiger partial charge < -0.3 is 32.7 Å². The minimum atomic E-state index is -0.172. The molecule has 1 aliphatic rings. The van der Waals surface area contributed by atoms with E-state index < -0.39 is 0 Å². The van der Waals surface area contributed by atoms with Crippen LogP contribution < -0.4 is 22.5 Å². The van der Waals surface area contributed by atoms with Crippen molar-refractivity contribution in [2.75, 3.05) is 32.1 Å². The Hall–Kier alpha value is -2.45. The van der Waals surface area contributed by atoms with E-state index in [4.69, 9.17) is 27.3 Å². The number of anilines is 1. The molecule has 1 aromatic rings. The topological polar surface area (TPSA) is 148 Å². The zero-order chi connectivity index (χ0) is 19.7. The third kappa shape index (κ3) is 5.05. The molecule has 0 bridgehead atoms. The number of nitrogens with one attached hydrogen (secondary N) is 2. The second-order valence-corrected chi connectivity index (χ2v) is 6.80. The first-order chi connectivity index (χ1) is 13.1. The van der Waals surface area contributed by atoms with Crippen LogP contribution in [0.1, 0.15) is 43.2 Å². The molecule has 8 nitrogen and oxygen atoms in total. The molecule has 0 unspecified atom stereocenters. The minimum Gasteiger partial charge on any atom is -0.404 e. The average molecular weight is 374 g/mol. The first-order valence-corrected chi connectivity index (χ1v) is 9.31. The Morgan fingerprint density at radius 2 is 2.15 bits per heavy atom. The van der Waals surface area contributed by atoms with Gasteiger partial charge in [0.05, 0.1) is 6.61 Å². The summed E-state index contributed by atoms with van der Waals surface area (Å²) in [7, 11) is 1.65. The number of aliphatic imine (C=N–C) groups is 1. The van der Waals surface area contributed by atoms with E-state index in [2.05, 4.69) is 15.3 Å². The van der Waals surface area contributed by atoms with Crippen molar-refractivity contribution in [3.8, 4) is 0 Å². The van der Waals surface area contributed by atoms with Crippen molar-refractivity contribution < 1.29 is 4.74 Å². The lowest BCUT2D eigenvalue weighted by molar-refractivity contribution is 0.210. The Balaban J connectivity index is 2.59. The van der Waals surface area contributed by atoms with Gasteiger partial charge in [0.2, 0.25) is 0 Å². The summed E-state index contributed by atoms with van der Waals surface area (Å²) in [6, 6.07) is 2.00. The van der Waals surface area contributed by atoms with Gasteiger partial charge >= 0.3 is 0 Å². The fraction of sp³-hybridized carbons (Fsp3) is 0.526. The second kappa shape index (κ2) is 10.0. The predicted octanol–water partition coefficient (Wildman–Crippen LogP) is 1.76. The monoisotopic (exact) mass is 373 g/mol. The van der Waals surface area contributed by atoms with Crippen LogP contribution in [0.5, 0.6) is 0 Å². The molecule has 27 heavy (non-hydrogen) atoms. The van der Waals surface area contributed by atoms with E-state index in [-0.39, 0.29) is 11.3 Å². The molecule has 0 aliphatic heterocycles. The molecule has 1 aromatic heterocycles. The zero-order valence-corrected chi connectivity index (χ0v) is 16.0. The maximum Gasteiger partial charge on any atom is 0.165 e. The molecule has 2 rings (SSSR count). The quantitative estimate of drug-likeness (QED) is 0.253. The number of pyridine rings is 1. The molecule has 148 valence electrons. The largest absolute Gasteiger partial charge is 0.404 e. The fourth-order valence-corrected chi connectivity index (χ4v) is 3.65. The van der Waals surface area contributed by atoms with Crippen molar-refractivity contribution in [3.63, 3.8) is 0 Å². The molecule has 1 fully saturated rings. The number of nitrogens with zero attached hydrogens (tertiary/aromatic N) is 2. The van der Waals surface area contributed by atoms with Crippen molar-refractivity contribution in [2.45, 2.75) is 37.5 Å². The normalized spacial score (nSPS) is 17.2. The van der Waals surface area contributed by atoms with E-state index in [9.17, 15) is 0 Å². The molecule has 0 amide bonds. The van der Waals surface area contributed by atoms with Crippen LogP contribution in [0.3, 0.4) is 0 Å². The Morgan fingerprint density at radius 1 is 1.41 bits per heavy atom. The van der Waals surface area contributed by atoms with Crippen LogP contribution in [0, 0.1) is 5.41 Å². The molecule has 8 N–H and O–H groups in total. The van der Waals surface area contributed by atoms with Crippen molar-refractivity contribution >= 4 is 23.7 Å². The predicted molar refractivity (Wildman–Crippen MR) is 111 cm³/mol. The van der Waals surface area contributed by atoms with Crippen LogP contribution in [0.25, 0.3) is 0 Å². The molecular weight excluding hydrogens is 342 g/mol. The fourth-order valence-electron chi connectivity index (χ4n) is 3.65. The van der Waals surface area contributed by atoms with Gasteiger partial charge in [0, 0.05) is 37.4 Å². The van der Waals surface area contributed by atoms with E-state index in [0.29, 0.717) is 36.9 Å².